The number of amides is 1. The highest BCUT2D eigenvalue weighted by Gasteiger charge is 2.40. The number of aromatic nitrogens is 2. The number of carbonyl (C=O) groups is 1. The second-order valence-electron chi connectivity index (χ2n) is 6.26. The van der Waals surface area contributed by atoms with E-state index in [9.17, 15) is 4.79 Å². The van der Waals surface area contributed by atoms with Crippen LogP contribution in [0.4, 0.5) is 0 Å². The third-order valence-electron chi connectivity index (χ3n) is 4.40. The molecule has 1 aromatic carbocycles. The summed E-state index contributed by atoms with van der Waals surface area (Å²) in [5.41, 5.74) is 1.37. The summed E-state index contributed by atoms with van der Waals surface area (Å²) in [5.74, 6) is 0.907. The largest absolute Gasteiger partial charge is 0.340 e. The van der Waals surface area contributed by atoms with Crippen molar-refractivity contribution in [1.82, 2.24) is 15.5 Å². The van der Waals surface area contributed by atoms with Gasteiger partial charge in [-0.2, -0.15) is 4.98 Å². The van der Waals surface area contributed by atoms with E-state index < -0.39 is 5.54 Å². The maximum Gasteiger partial charge on any atom is 0.244 e. The molecule has 1 fully saturated rings. The van der Waals surface area contributed by atoms with Crippen molar-refractivity contribution in [2.45, 2.75) is 45.1 Å². The Balaban J connectivity index is 1.74. The molecular formula is C18H20ClN3O2. The number of rotatable bonds is 4. The molecule has 1 N–H and O–H groups in total. The summed E-state index contributed by atoms with van der Waals surface area (Å²) < 4.78 is 5.09. The second kappa shape index (κ2) is 6.77. The number of carbonyl (C=O) groups excluding carboxylic acids is 1. The molecule has 3 rings (SSSR count). The first-order chi connectivity index (χ1) is 11.5. The van der Waals surface area contributed by atoms with Crippen LogP contribution in [0.5, 0.6) is 0 Å². The zero-order chi connectivity index (χ0) is 17.2. The Kier molecular flexibility index (Phi) is 4.71. The topological polar surface area (TPSA) is 68.0 Å². The first-order valence-electron chi connectivity index (χ1n) is 8.06. The van der Waals surface area contributed by atoms with Crippen molar-refractivity contribution in [3.8, 4) is 0 Å². The molecule has 0 aliphatic heterocycles. The lowest BCUT2D eigenvalue weighted by Crippen LogP contribution is -2.44. The standard InChI is InChI=1S/C18H20ClN3O2/c1-12-5-6-14(11-15(12)19)7-8-16(23)21-18(9-3-4-10-18)17-20-13(2)24-22-17/h5-8,11H,3-4,9-10H2,1-2H3,(H,21,23). The summed E-state index contributed by atoms with van der Waals surface area (Å²) in [6.45, 7) is 3.70. The first-order valence-corrected chi connectivity index (χ1v) is 8.43. The summed E-state index contributed by atoms with van der Waals surface area (Å²) in [4.78, 5) is 16.7. The molecule has 0 radical (unpaired) electrons. The van der Waals surface area contributed by atoms with E-state index in [0.717, 1.165) is 36.8 Å². The summed E-state index contributed by atoms with van der Waals surface area (Å²) in [5, 5.41) is 7.78. The van der Waals surface area contributed by atoms with Gasteiger partial charge in [0.25, 0.3) is 0 Å². The second-order valence-corrected chi connectivity index (χ2v) is 6.66. The molecule has 0 spiro atoms. The molecule has 5 nitrogen and oxygen atoms in total. The van der Waals surface area contributed by atoms with Crippen molar-refractivity contribution in [2.24, 2.45) is 0 Å². The van der Waals surface area contributed by atoms with Crippen LogP contribution in [-0.2, 0) is 10.3 Å². The van der Waals surface area contributed by atoms with E-state index in [2.05, 4.69) is 15.5 Å². The van der Waals surface area contributed by atoms with Crippen molar-refractivity contribution < 1.29 is 9.32 Å². The fourth-order valence-electron chi connectivity index (χ4n) is 3.04. The molecule has 1 heterocycles. The van der Waals surface area contributed by atoms with Gasteiger partial charge in [-0.1, -0.05) is 41.7 Å². The molecule has 1 aromatic heterocycles. The van der Waals surface area contributed by atoms with Crippen LogP contribution in [0.1, 0.15) is 48.5 Å². The summed E-state index contributed by atoms with van der Waals surface area (Å²) in [6.07, 6.45) is 6.99. The van der Waals surface area contributed by atoms with Gasteiger partial charge in [0.05, 0.1) is 0 Å². The monoisotopic (exact) mass is 345 g/mol. The normalized spacial score (nSPS) is 16.6. The third kappa shape index (κ3) is 3.51. The lowest BCUT2D eigenvalue weighted by atomic mass is 9.96. The van der Waals surface area contributed by atoms with E-state index in [1.807, 2.05) is 25.1 Å². The summed E-state index contributed by atoms with van der Waals surface area (Å²) in [6, 6.07) is 5.70. The maximum atomic E-state index is 12.4. The van der Waals surface area contributed by atoms with Crippen LogP contribution in [0.25, 0.3) is 6.08 Å². The van der Waals surface area contributed by atoms with Gasteiger partial charge >= 0.3 is 0 Å². The van der Waals surface area contributed by atoms with E-state index in [0.29, 0.717) is 16.7 Å². The lowest BCUT2D eigenvalue weighted by Gasteiger charge is -2.25. The van der Waals surface area contributed by atoms with Crippen LogP contribution < -0.4 is 5.32 Å². The van der Waals surface area contributed by atoms with E-state index in [1.54, 1.807) is 13.0 Å². The van der Waals surface area contributed by atoms with Crippen molar-refractivity contribution >= 4 is 23.6 Å². The molecule has 24 heavy (non-hydrogen) atoms. The van der Waals surface area contributed by atoms with E-state index in [1.165, 1.54) is 6.08 Å². The molecule has 1 saturated carbocycles. The van der Waals surface area contributed by atoms with Gasteiger partial charge in [0.2, 0.25) is 11.8 Å². The Bertz CT molecular complexity index is 776. The Morgan fingerprint density at radius 3 is 2.71 bits per heavy atom. The Morgan fingerprint density at radius 2 is 2.08 bits per heavy atom. The van der Waals surface area contributed by atoms with Gasteiger partial charge in [-0.15, -0.1) is 0 Å². The number of nitrogens with one attached hydrogen (secondary N) is 1. The summed E-state index contributed by atoms with van der Waals surface area (Å²) in [7, 11) is 0. The first kappa shape index (κ1) is 16.7. The average Bonchev–Trinajstić information content (AvgIpc) is 3.18. The van der Waals surface area contributed by atoms with Crippen LogP contribution in [-0.4, -0.2) is 16.0 Å². The smallest absolute Gasteiger partial charge is 0.244 e. The number of benzene rings is 1. The molecule has 0 atom stereocenters. The van der Waals surface area contributed by atoms with Crippen LogP contribution in [0.3, 0.4) is 0 Å². The molecule has 1 aliphatic rings. The van der Waals surface area contributed by atoms with E-state index >= 15 is 0 Å². The van der Waals surface area contributed by atoms with Crippen LogP contribution in [0.2, 0.25) is 5.02 Å². The van der Waals surface area contributed by atoms with Crippen molar-refractivity contribution in [1.29, 1.82) is 0 Å². The molecule has 0 saturated heterocycles. The Labute approximate surface area is 146 Å². The zero-order valence-corrected chi connectivity index (χ0v) is 14.6. The quantitative estimate of drug-likeness (QED) is 0.852. The van der Waals surface area contributed by atoms with Gasteiger partial charge in [-0.3, -0.25) is 4.79 Å². The van der Waals surface area contributed by atoms with E-state index in [-0.39, 0.29) is 5.91 Å². The minimum atomic E-state index is -0.524. The molecule has 1 amide bonds. The van der Waals surface area contributed by atoms with Crippen LogP contribution in [0, 0.1) is 13.8 Å². The maximum absolute atomic E-state index is 12.4. The molecule has 126 valence electrons. The molecular weight excluding hydrogens is 326 g/mol. The number of nitrogens with zero attached hydrogens (tertiary/aromatic N) is 2. The number of aryl methyl sites for hydroxylation is 2. The molecule has 6 heteroatoms. The SMILES string of the molecule is Cc1nc(C2(NC(=O)C=Cc3ccc(C)c(Cl)c3)CCCC2)no1. The fourth-order valence-corrected chi connectivity index (χ4v) is 3.23. The molecule has 0 unspecified atom stereocenters. The van der Waals surface area contributed by atoms with Crippen molar-refractivity contribution in [3.63, 3.8) is 0 Å². The highest BCUT2D eigenvalue weighted by molar-refractivity contribution is 6.31. The molecule has 1 aliphatic carbocycles. The fraction of sp³-hybridized carbons (Fsp3) is 0.389. The highest BCUT2D eigenvalue weighted by Crippen LogP contribution is 2.37. The van der Waals surface area contributed by atoms with Gasteiger partial charge in [-0.05, 0) is 43.0 Å². The highest BCUT2D eigenvalue weighted by atomic mass is 35.5. The third-order valence-corrected chi connectivity index (χ3v) is 4.81. The minimum absolute atomic E-state index is 0.170. The van der Waals surface area contributed by atoms with Crippen LogP contribution >= 0.6 is 11.6 Å². The predicted molar refractivity (Wildman–Crippen MR) is 92.5 cm³/mol. The number of halogens is 1. The lowest BCUT2D eigenvalue weighted by molar-refractivity contribution is -0.118. The van der Waals surface area contributed by atoms with Crippen molar-refractivity contribution in [2.75, 3.05) is 0 Å². The van der Waals surface area contributed by atoms with Gasteiger partial charge in [-0.25, -0.2) is 0 Å². The minimum Gasteiger partial charge on any atom is -0.340 e. The van der Waals surface area contributed by atoms with E-state index in [4.69, 9.17) is 16.1 Å². The molecule has 0 bridgehead atoms. The zero-order valence-electron chi connectivity index (χ0n) is 13.8. The van der Waals surface area contributed by atoms with Gasteiger partial charge in [0, 0.05) is 18.0 Å². The number of hydrogen-bond acceptors (Lipinski definition) is 4. The molecule has 2 aromatic rings. The number of hydrogen-bond donors (Lipinski definition) is 1. The van der Waals surface area contributed by atoms with Crippen molar-refractivity contribution in [3.05, 3.63) is 52.1 Å². The Morgan fingerprint density at radius 1 is 1.33 bits per heavy atom. The van der Waals surface area contributed by atoms with Gasteiger partial charge < -0.3 is 9.84 Å². The predicted octanol–water partition coefficient (Wildman–Crippen LogP) is 3.94. The average molecular weight is 346 g/mol. The Hall–Kier alpha value is -2.14. The van der Waals surface area contributed by atoms with Gasteiger partial charge in [0.15, 0.2) is 5.82 Å². The van der Waals surface area contributed by atoms with Crippen LogP contribution in [0.15, 0.2) is 28.8 Å². The summed E-state index contributed by atoms with van der Waals surface area (Å²) >= 11 is 6.11. The van der Waals surface area contributed by atoms with Gasteiger partial charge in [0.1, 0.15) is 5.54 Å².